The summed E-state index contributed by atoms with van der Waals surface area (Å²) in [5.74, 6) is 1.52. The van der Waals surface area contributed by atoms with Gasteiger partial charge in [0.25, 0.3) is 0 Å². The Kier molecular flexibility index (Phi) is 3.31. The highest BCUT2D eigenvalue weighted by Gasteiger charge is 2.15. The van der Waals surface area contributed by atoms with Gasteiger partial charge in [-0.2, -0.15) is 4.98 Å². The molecule has 0 fully saturated rings. The summed E-state index contributed by atoms with van der Waals surface area (Å²) in [6.45, 7) is 2.12. The second kappa shape index (κ2) is 4.89. The van der Waals surface area contributed by atoms with Gasteiger partial charge in [0.15, 0.2) is 5.82 Å². The Bertz CT molecular complexity index is 422. The van der Waals surface area contributed by atoms with E-state index in [1.165, 1.54) is 0 Å². The van der Waals surface area contributed by atoms with Crippen LogP contribution in [0.1, 0.15) is 38.1 Å². The van der Waals surface area contributed by atoms with E-state index in [0.717, 1.165) is 19.3 Å². The monoisotopic (exact) mass is 221 g/mol. The fraction of sp³-hybridized carbons (Fsp3) is 0.500. The minimum Gasteiger partial charge on any atom is -0.342 e. The highest BCUT2D eigenvalue weighted by Crippen LogP contribution is 2.17. The molecule has 0 saturated heterocycles. The Morgan fingerprint density at radius 1 is 1.56 bits per heavy atom. The van der Waals surface area contributed by atoms with Crippen LogP contribution in [-0.2, 0) is 0 Å². The van der Waals surface area contributed by atoms with Crippen molar-refractivity contribution in [3.63, 3.8) is 0 Å². The Morgan fingerprint density at radius 2 is 2.44 bits per heavy atom. The molecule has 3 N–H and O–H groups in total. The molecule has 86 valence electrons. The highest BCUT2D eigenvalue weighted by atomic mass is 16.5. The number of nitrogens with zero attached hydrogens (tertiary/aromatic N) is 3. The maximum Gasteiger partial charge on any atom is 0.243 e. The molecule has 2 aromatic rings. The topological polar surface area (TPSA) is 93.6 Å². The third-order valence-corrected chi connectivity index (χ3v) is 2.34. The molecule has 16 heavy (non-hydrogen) atoms. The standard InChI is InChI=1S/C10H15N5O/c1-2-3-4-7(11)10-14-9(15-16-10)8-12-5-6-13-8/h5-7H,2-4,11H2,1H3,(H,12,13). The fourth-order valence-corrected chi connectivity index (χ4v) is 1.42. The number of hydrogen-bond acceptors (Lipinski definition) is 5. The first-order valence-corrected chi connectivity index (χ1v) is 5.40. The van der Waals surface area contributed by atoms with Crippen LogP contribution in [-0.4, -0.2) is 20.1 Å². The number of hydrogen-bond donors (Lipinski definition) is 2. The number of rotatable bonds is 5. The zero-order valence-electron chi connectivity index (χ0n) is 9.18. The van der Waals surface area contributed by atoms with E-state index in [2.05, 4.69) is 27.0 Å². The van der Waals surface area contributed by atoms with Crippen LogP contribution in [0.4, 0.5) is 0 Å². The minimum atomic E-state index is -0.184. The van der Waals surface area contributed by atoms with E-state index < -0.39 is 0 Å². The minimum absolute atomic E-state index is 0.184. The zero-order valence-corrected chi connectivity index (χ0v) is 9.18. The van der Waals surface area contributed by atoms with Gasteiger partial charge in [0, 0.05) is 12.4 Å². The van der Waals surface area contributed by atoms with Crippen molar-refractivity contribution in [2.24, 2.45) is 5.73 Å². The van der Waals surface area contributed by atoms with Crippen LogP contribution in [0.5, 0.6) is 0 Å². The van der Waals surface area contributed by atoms with Crippen molar-refractivity contribution in [1.82, 2.24) is 20.1 Å². The molecule has 1 atom stereocenters. The molecule has 0 saturated carbocycles. The molecule has 0 bridgehead atoms. The van der Waals surface area contributed by atoms with Crippen molar-refractivity contribution in [2.75, 3.05) is 0 Å². The number of aromatic amines is 1. The largest absolute Gasteiger partial charge is 0.342 e. The number of imidazole rings is 1. The van der Waals surface area contributed by atoms with Gasteiger partial charge in [0.05, 0.1) is 6.04 Å². The van der Waals surface area contributed by atoms with E-state index in [1.807, 2.05) is 0 Å². The van der Waals surface area contributed by atoms with Crippen LogP contribution in [0.25, 0.3) is 11.6 Å². The van der Waals surface area contributed by atoms with Crippen LogP contribution in [0, 0.1) is 0 Å². The molecule has 2 heterocycles. The molecule has 1 unspecified atom stereocenters. The van der Waals surface area contributed by atoms with E-state index in [4.69, 9.17) is 10.3 Å². The molecule has 0 aromatic carbocycles. The van der Waals surface area contributed by atoms with Gasteiger partial charge in [0.1, 0.15) is 0 Å². The van der Waals surface area contributed by atoms with Gasteiger partial charge in [-0.3, -0.25) is 0 Å². The highest BCUT2D eigenvalue weighted by molar-refractivity contribution is 5.40. The van der Waals surface area contributed by atoms with E-state index >= 15 is 0 Å². The zero-order chi connectivity index (χ0) is 11.4. The average Bonchev–Trinajstić information content (AvgIpc) is 2.94. The van der Waals surface area contributed by atoms with Gasteiger partial charge < -0.3 is 15.2 Å². The van der Waals surface area contributed by atoms with Gasteiger partial charge in [-0.15, -0.1) is 0 Å². The number of nitrogens with two attached hydrogens (primary N) is 1. The predicted octanol–water partition coefficient (Wildman–Crippen LogP) is 1.65. The van der Waals surface area contributed by atoms with Gasteiger partial charge in [-0.05, 0) is 6.42 Å². The quantitative estimate of drug-likeness (QED) is 0.800. The smallest absolute Gasteiger partial charge is 0.243 e. The number of nitrogens with one attached hydrogen (secondary N) is 1. The molecule has 6 nitrogen and oxygen atoms in total. The van der Waals surface area contributed by atoms with Crippen LogP contribution < -0.4 is 5.73 Å². The van der Waals surface area contributed by atoms with E-state index in [-0.39, 0.29) is 6.04 Å². The lowest BCUT2D eigenvalue weighted by atomic mass is 10.1. The van der Waals surface area contributed by atoms with Crippen molar-refractivity contribution in [3.8, 4) is 11.6 Å². The summed E-state index contributed by atoms with van der Waals surface area (Å²) in [6.07, 6.45) is 6.37. The molecule has 2 rings (SSSR count). The van der Waals surface area contributed by atoms with E-state index in [1.54, 1.807) is 12.4 Å². The van der Waals surface area contributed by atoms with Gasteiger partial charge >= 0.3 is 0 Å². The summed E-state index contributed by atoms with van der Waals surface area (Å²) in [5, 5.41) is 3.83. The van der Waals surface area contributed by atoms with Crippen molar-refractivity contribution < 1.29 is 4.52 Å². The summed E-state index contributed by atoms with van der Waals surface area (Å²) < 4.78 is 5.10. The second-order valence-electron chi connectivity index (χ2n) is 3.64. The molecule has 0 spiro atoms. The molecule has 0 amide bonds. The molecule has 0 aliphatic heterocycles. The first kappa shape index (κ1) is 10.8. The van der Waals surface area contributed by atoms with Crippen molar-refractivity contribution in [1.29, 1.82) is 0 Å². The van der Waals surface area contributed by atoms with Crippen molar-refractivity contribution in [2.45, 2.75) is 32.2 Å². The Hall–Kier alpha value is -1.69. The SMILES string of the molecule is CCCCC(N)c1nc(-c2ncc[nH]2)no1. The summed E-state index contributed by atoms with van der Waals surface area (Å²) in [6, 6.07) is -0.184. The van der Waals surface area contributed by atoms with Crippen LogP contribution >= 0.6 is 0 Å². The molecule has 0 radical (unpaired) electrons. The Balaban J connectivity index is 2.07. The Labute approximate surface area is 93.3 Å². The predicted molar refractivity (Wildman–Crippen MR) is 58.3 cm³/mol. The van der Waals surface area contributed by atoms with Crippen LogP contribution in [0.15, 0.2) is 16.9 Å². The van der Waals surface area contributed by atoms with E-state index in [0.29, 0.717) is 17.5 Å². The third-order valence-electron chi connectivity index (χ3n) is 2.34. The number of unbranched alkanes of at least 4 members (excludes halogenated alkanes) is 1. The van der Waals surface area contributed by atoms with Crippen LogP contribution in [0.2, 0.25) is 0 Å². The molecular weight excluding hydrogens is 206 g/mol. The van der Waals surface area contributed by atoms with Crippen molar-refractivity contribution >= 4 is 0 Å². The summed E-state index contributed by atoms with van der Waals surface area (Å²) in [4.78, 5) is 11.2. The lowest BCUT2D eigenvalue weighted by Gasteiger charge is -2.03. The lowest BCUT2D eigenvalue weighted by Crippen LogP contribution is -2.10. The first-order chi connectivity index (χ1) is 7.81. The molecule has 2 aromatic heterocycles. The number of aromatic nitrogens is 4. The third kappa shape index (κ3) is 2.27. The summed E-state index contributed by atoms with van der Waals surface area (Å²) in [7, 11) is 0. The van der Waals surface area contributed by atoms with E-state index in [9.17, 15) is 0 Å². The summed E-state index contributed by atoms with van der Waals surface area (Å²) in [5.41, 5.74) is 5.92. The fourth-order valence-electron chi connectivity index (χ4n) is 1.42. The summed E-state index contributed by atoms with van der Waals surface area (Å²) >= 11 is 0. The van der Waals surface area contributed by atoms with Gasteiger partial charge in [0.2, 0.25) is 11.7 Å². The van der Waals surface area contributed by atoms with Crippen LogP contribution in [0.3, 0.4) is 0 Å². The normalized spacial score (nSPS) is 12.9. The number of H-pyrrole nitrogens is 1. The molecular formula is C10H15N5O. The lowest BCUT2D eigenvalue weighted by molar-refractivity contribution is 0.346. The average molecular weight is 221 g/mol. The maximum atomic E-state index is 5.92. The Morgan fingerprint density at radius 3 is 3.12 bits per heavy atom. The first-order valence-electron chi connectivity index (χ1n) is 5.40. The second-order valence-corrected chi connectivity index (χ2v) is 3.64. The van der Waals surface area contributed by atoms with Crippen molar-refractivity contribution in [3.05, 3.63) is 18.3 Å². The molecule has 6 heteroatoms. The van der Waals surface area contributed by atoms with Gasteiger partial charge in [-0.25, -0.2) is 4.98 Å². The molecule has 0 aliphatic carbocycles. The maximum absolute atomic E-state index is 5.92. The van der Waals surface area contributed by atoms with Gasteiger partial charge in [-0.1, -0.05) is 24.9 Å². The molecule has 0 aliphatic rings.